The Hall–Kier alpha value is -1.46. The van der Waals surface area contributed by atoms with Gasteiger partial charge in [0.2, 0.25) is 0 Å². The SMILES string of the molecule is CCCCCCCCCC(CCCCCCCCCCCC(=O)O)O[C@@H]1O[C@H](CO)[C@@H](O)[C@H](O)[C@H]1O[C@@H]1O[C@H](COC(C)=O)[C@@H](O)[C@H](O)[C@H]1O. The van der Waals surface area contributed by atoms with E-state index < -0.39 is 86.6 Å². The third-order valence-corrected chi connectivity index (χ3v) is 9.61. The minimum absolute atomic E-state index is 0.225. The van der Waals surface area contributed by atoms with Crippen molar-refractivity contribution in [2.75, 3.05) is 13.2 Å². The second kappa shape index (κ2) is 25.5. The van der Waals surface area contributed by atoms with Gasteiger partial charge in [-0.2, -0.15) is 0 Å². The molecule has 294 valence electrons. The van der Waals surface area contributed by atoms with E-state index in [1.54, 1.807) is 0 Å². The summed E-state index contributed by atoms with van der Waals surface area (Å²) in [6.07, 6.45) is 3.15. The van der Waals surface area contributed by atoms with Gasteiger partial charge in [0, 0.05) is 13.3 Å². The third kappa shape index (κ3) is 16.5. The van der Waals surface area contributed by atoms with Crippen LogP contribution < -0.4 is 0 Å². The van der Waals surface area contributed by atoms with Gasteiger partial charge < -0.3 is 59.4 Å². The lowest BCUT2D eigenvalue weighted by Gasteiger charge is -2.46. The van der Waals surface area contributed by atoms with Crippen molar-refractivity contribution in [1.29, 1.82) is 0 Å². The standard InChI is InChI=1S/C36H66O14/c1-3-4-5-6-10-13-16-19-25(20-17-14-11-8-7-9-12-15-18-21-28(39)40)47-36-34(32(44)29(41)26(22-37)48-36)50-35-33(45)31(43)30(42)27(49-35)23-46-24(2)38/h25-27,29-37,41-45H,3-23H2,1-2H3,(H,39,40)/t25?,26-,27-,29-,30-,31+,32+,33-,34-,35+,36-/m1/s1. The number of rotatable bonds is 27. The Bertz CT molecular complexity index is 908. The molecule has 0 aromatic carbocycles. The van der Waals surface area contributed by atoms with Gasteiger partial charge in [0.25, 0.3) is 0 Å². The monoisotopic (exact) mass is 722 g/mol. The summed E-state index contributed by atoms with van der Waals surface area (Å²) in [5, 5.41) is 72.0. The Kier molecular flexibility index (Phi) is 22.8. The molecular weight excluding hydrogens is 656 g/mol. The van der Waals surface area contributed by atoms with E-state index in [2.05, 4.69) is 6.92 Å². The summed E-state index contributed by atoms with van der Waals surface area (Å²) in [6.45, 7) is 2.34. The maximum absolute atomic E-state index is 11.3. The van der Waals surface area contributed by atoms with Crippen molar-refractivity contribution in [3.63, 3.8) is 0 Å². The highest BCUT2D eigenvalue weighted by Gasteiger charge is 2.51. The van der Waals surface area contributed by atoms with E-state index in [1.165, 1.54) is 32.6 Å². The van der Waals surface area contributed by atoms with Gasteiger partial charge in [0.1, 0.15) is 55.4 Å². The molecule has 7 N–H and O–H groups in total. The zero-order valence-electron chi connectivity index (χ0n) is 30.2. The van der Waals surface area contributed by atoms with Crippen LogP contribution in [0.15, 0.2) is 0 Å². The number of carbonyl (C=O) groups excluding carboxylic acids is 1. The average molecular weight is 723 g/mol. The molecule has 11 atom stereocenters. The number of carboxylic acid groups (broad SMARTS) is 1. The first kappa shape index (κ1) is 44.7. The summed E-state index contributed by atoms with van der Waals surface area (Å²) < 4.78 is 28.9. The lowest BCUT2D eigenvalue weighted by atomic mass is 9.97. The first-order valence-corrected chi connectivity index (χ1v) is 19.0. The summed E-state index contributed by atoms with van der Waals surface area (Å²) in [4.78, 5) is 22.0. The summed E-state index contributed by atoms with van der Waals surface area (Å²) in [5.41, 5.74) is 0. The molecule has 2 heterocycles. The van der Waals surface area contributed by atoms with Crippen LogP contribution in [0.5, 0.6) is 0 Å². The van der Waals surface area contributed by atoms with Crippen LogP contribution in [0, 0.1) is 0 Å². The molecule has 2 saturated heterocycles. The molecular formula is C36H66O14. The number of unbranched alkanes of at least 4 members (excludes halogenated alkanes) is 14. The largest absolute Gasteiger partial charge is 0.481 e. The number of aliphatic carboxylic acids is 1. The predicted molar refractivity (Wildman–Crippen MR) is 182 cm³/mol. The molecule has 2 aliphatic heterocycles. The first-order chi connectivity index (χ1) is 24.0. The Balaban J connectivity index is 2.04. The van der Waals surface area contributed by atoms with Gasteiger partial charge in [0.05, 0.1) is 12.7 Å². The Labute approximate surface area is 297 Å². The van der Waals surface area contributed by atoms with Gasteiger partial charge in [-0.3, -0.25) is 9.59 Å². The molecule has 2 aliphatic rings. The molecule has 1 unspecified atom stereocenters. The summed E-state index contributed by atoms with van der Waals surface area (Å²) >= 11 is 0. The first-order valence-electron chi connectivity index (χ1n) is 19.0. The number of carbonyl (C=O) groups is 2. The molecule has 50 heavy (non-hydrogen) atoms. The van der Waals surface area contributed by atoms with Crippen molar-refractivity contribution < 1.29 is 69.0 Å². The number of carboxylic acids is 1. The van der Waals surface area contributed by atoms with Crippen LogP contribution in [0.2, 0.25) is 0 Å². The van der Waals surface area contributed by atoms with Crippen LogP contribution in [0.25, 0.3) is 0 Å². The normalized spacial score (nSPS) is 30.6. The predicted octanol–water partition coefficient (Wildman–Crippen LogP) is 3.08. The van der Waals surface area contributed by atoms with Gasteiger partial charge in [-0.05, 0) is 19.3 Å². The molecule has 2 rings (SSSR count). The average Bonchev–Trinajstić information content (AvgIpc) is 3.08. The molecule has 0 bridgehead atoms. The van der Waals surface area contributed by atoms with Crippen molar-refractivity contribution >= 4 is 11.9 Å². The summed E-state index contributed by atoms with van der Waals surface area (Å²) in [5.74, 6) is -1.39. The number of aliphatic hydroxyl groups is 6. The highest BCUT2D eigenvalue weighted by atomic mass is 16.8. The Morgan fingerprint density at radius 3 is 1.66 bits per heavy atom. The van der Waals surface area contributed by atoms with Crippen molar-refractivity contribution in [3.8, 4) is 0 Å². The molecule has 14 heteroatoms. The Morgan fingerprint density at radius 2 is 1.14 bits per heavy atom. The number of esters is 1. The fourth-order valence-electron chi connectivity index (χ4n) is 6.52. The minimum Gasteiger partial charge on any atom is -0.481 e. The molecule has 0 saturated carbocycles. The van der Waals surface area contributed by atoms with E-state index in [9.17, 15) is 40.2 Å². The molecule has 0 radical (unpaired) electrons. The van der Waals surface area contributed by atoms with Crippen LogP contribution in [-0.4, -0.2) is 128 Å². The zero-order valence-corrected chi connectivity index (χ0v) is 30.2. The fourth-order valence-corrected chi connectivity index (χ4v) is 6.52. The van der Waals surface area contributed by atoms with Gasteiger partial charge in [-0.15, -0.1) is 0 Å². The van der Waals surface area contributed by atoms with Gasteiger partial charge in [0.15, 0.2) is 12.6 Å². The van der Waals surface area contributed by atoms with Crippen LogP contribution in [0.3, 0.4) is 0 Å². The maximum Gasteiger partial charge on any atom is 0.303 e. The molecule has 0 amide bonds. The van der Waals surface area contributed by atoms with Crippen molar-refractivity contribution in [2.45, 2.75) is 203 Å². The van der Waals surface area contributed by atoms with Gasteiger partial charge in [-0.1, -0.05) is 103 Å². The molecule has 14 nitrogen and oxygen atoms in total. The number of hydrogen-bond acceptors (Lipinski definition) is 13. The highest BCUT2D eigenvalue weighted by Crippen LogP contribution is 2.32. The van der Waals surface area contributed by atoms with Crippen molar-refractivity contribution in [1.82, 2.24) is 0 Å². The summed E-state index contributed by atoms with van der Waals surface area (Å²) in [6, 6.07) is 0. The van der Waals surface area contributed by atoms with E-state index >= 15 is 0 Å². The van der Waals surface area contributed by atoms with Crippen LogP contribution in [0.4, 0.5) is 0 Å². The second-order valence-corrected chi connectivity index (χ2v) is 13.9. The molecule has 0 spiro atoms. The molecule has 0 aromatic rings. The summed E-state index contributed by atoms with van der Waals surface area (Å²) in [7, 11) is 0. The minimum atomic E-state index is -1.76. The van der Waals surface area contributed by atoms with Gasteiger partial charge >= 0.3 is 11.9 Å². The van der Waals surface area contributed by atoms with E-state index in [0.717, 1.165) is 83.5 Å². The topological polar surface area (TPSA) is 222 Å². The van der Waals surface area contributed by atoms with Crippen LogP contribution in [-0.2, 0) is 33.3 Å². The van der Waals surface area contributed by atoms with Crippen LogP contribution >= 0.6 is 0 Å². The molecule has 2 fully saturated rings. The van der Waals surface area contributed by atoms with Crippen molar-refractivity contribution in [2.24, 2.45) is 0 Å². The van der Waals surface area contributed by atoms with Crippen LogP contribution in [0.1, 0.15) is 136 Å². The number of hydrogen-bond donors (Lipinski definition) is 7. The van der Waals surface area contributed by atoms with Crippen molar-refractivity contribution in [3.05, 3.63) is 0 Å². The van der Waals surface area contributed by atoms with E-state index in [4.69, 9.17) is 28.8 Å². The lowest BCUT2D eigenvalue weighted by molar-refractivity contribution is -0.372. The maximum atomic E-state index is 11.3. The smallest absolute Gasteiger partial charge is 0.303 e. The van der Waals surface area contributed by atoms with E-state index in [1.807, 2.05) is 0 Å². The third-order valence-electron chi connectivity index (χ3n) is 9.61. The van der Waals surface area contributed by atoms with E-state index in [-0.39, 0.29) is 12.5 Å². The Morgan fingerprint density at radius 1 is 0.640 bits per heavy atom. The van der Waals surface area contributed by atoms with E-state index in [0.29, 0.717) is 6.42 Å². The zero-order chi connectivity index (χ0) is 36.9. The highest BCUT2D eigenvalue weighted by molar-refractivity contribution is 5.66. The fraction of sp³-hybridized carbons (Fsp3) is 0.944. The molecule has 0 aliphatic carbocycles. The van der Waals surface area contributed by atoms with Gasteiger partial charge in [-0.25, -0.2) is 0 Å². The lowest BCUT2D eigenvalue weighted by Crippen LogP contribution is -2.65. The molecule has 0 aromatic heterocycles. The number of aliphatic hydroxyl groups excluding tert-OH is 6. The second-order valence-electron chi connectivity index (χ2n) is 13.9. The quantitative estimate of drug-likeness (QED) is 0.0479. The number of ether oxygens (including phenoxy) is 5.